The summed E-state index contributed by atoms with van der Waals surface area (Å²) < 4.78 is 38.7. The molecule has 0 radical (unpaired) electrons. The van der Waals surface area contributed by atoms with E-state index in [0.717, 1.165) is 24.5 Å². The Hall–Kier alpha value is -1.54. The van der Waals surface area contributed by atoms with E-state index < -0.39 is 22.7 Å². The number of carbonyl (C=O) groups excluding carboxylic acids is 1. The van der Waals surface area contributed by atoms with Crippen LogP contribution in [0.25, 0.3) is 0 Å². The molecule has 3 rings (SSSR count). The molecular formula is C18H21ClF3N3OS. The Kier molecular flexibility index (Phi) is 5.86. The molecule has 1 amide bonds. The van der Waals surface area contributed by atoms with Crippen molar-refractivity contribution >= 4 is 40.5 Å². The number of amides is 1. The third kappa shape index (κ3) is 4.85. The van der Waals surface area contributed by atoms with Crippen LogP contribution in [0.1, 0.15) is 31.2 Å². The number of hydrogen-bond acceptors (Lipinski definition) is 2. The van der Waals surface area contributed by atoms with Crippen LogP contribution in [0.2, 0.25) is 5.02 Å². The zero-order chi connectivity index (χ0) is 19.8. The molecule has 0 aliphatic heterocycles. The fourth-order valence-corrected chi connectivity index (χ4v) is 4.44. The van der Waals surface area contributed by atoms with Crippen LogP contribution in [0.4, 0.5) is 18.9 Å². The fourth-order valence-electron chi connectivity index (χ4n) is 4.00. The number of thiocarbonyl (C=S) groups is 1. The van der Waals surface area contributed by atoms with Gasteiger partial charge in [-0.3, -0.25) is 4.79 Å². The molecular weight excluding hydrogens is 399 g/mol. The van der Waals surface area contributed by atoms with Crippen LogP contribution in [0.3, 0.4) is 0 Å². The minimum atomic E-state index is -4.58. The van der Waals surface area contributed by atoms with Crippen LogP contribution >= 0.6 is 23.8 Å². The first-order chi connectivity index (χ1) is 12.6. The van der Waals surface area contributed by atoms with Gasteiger partial charge in [-0.25, -0.2) is 0 Å². The Labute approximate surface area is 166 Å². The number of likely N-dealkylation sites (N-methyl/N-ethyl adjacent to an activating group) is 1. The molecule has 0 unspecified atom stereocenters. The van der Waals surface area contributed by atoms with Crippen LogP contribution < -0.4 is 10.6 Å². The predicted octanol–water partition coefficient (Wildman–Crippen LogP) is 4.29. The summed E-state index contributed by atoms with van der Waals surface area (Å²) in [6.45, 7) is -0.0589. The summed E-state index contributed by atoms with van der Waals surface area (Å²) in [6.07, 6.45) is 0.265. The summed E-state index contributed by atoms with van der Waals surface area (Å²) in [6, 6.07) is 3.63. The molecule has 2 aliphatic rings. The number of benzene rings is 1. The van der Waals surface area contributed by atoms with Crippen molar-refractivity contribution in [2.24, 2.45) is 11.8 Å². The maximum atomic E-state index is 12.9. The zero-order valence-electron chi connectivity index (χ0n) is 14.8. The third-order valence-electron chi connectivity index (χ3n) is 5.33. The summed E-state index contributed by atoms with van der Waals surface area (Å²) in [4.78, 5) is 13.8. The number of fused-ring (bicyclic) bond motifs is 2. The molecule has 0 aromatic heterocycles. The molecule has 0 saturated heterocycles. The van der Waals surface area contributed by atoms with Gasteiger partial charge in [0.25, 0.3) is 0 Å². The molecule has 2 bridgehead atoms. The summed E-state index contributed by atoms with van der Waals surface area (Å²) in [7, 11) is 1.69. The van der Waals surface area contributed by atoms with Crippen LogP contribution in [-0.2, 0) is 11.0 Å². The molecule has 9 heteroatoms. The molecule has 2 N–H and O–H groups in total. The first-order valence-electron chi connectivity index (χ1n) is 8.81. The standard InChI is InChI=1S/C18H21ClF3N3OS/c1-25(17(27)24-15-7-10-2-3-11(15)6-10)9-16(26)23-12-4-5-14(19)13(8-12)18(20,21)22/h4-5,8,10-11,15H,2-3,6-7,9H2,1H3,(H,23,26)(H,24,27)/t10-,11-,15+/m0/s1. The number of nitrogens with zero attached hydrogens (tertiary/aromatic N) is 1. The minimum absolute atomic E-state index is 0.0390. The average Bonchev–Trinajstić information content (AvgIpc) is 3.18. The van der Waals surface area contributed by atoms with Crippen molar-refractivity contribution in [2.45, 2.75) is 37.9 Å². The molecule has 148 valence electrons. The van der Waals surface area contributed by atoms with E-state index in [1.807, 2.05) is 0 Å². The van der Waals surface area contributed by atoms with Gasteiger partial charge >= 0.3 is 6.18 Å². The summed E-state index contributed by atoms with van der Waals surface area (Å²) >= 11 is 11.0. The highest BCUT2D eigenvalue weighted by Crippen LogP contribution is 2.44. The normalized spacial score (nSPS) is 24.0. The third-order valence-corrected chi connectivity index (χ3v) is 6.09. The van der Waals surface area contributed by atoms with Gasteiger partial charge in [-0.2, -0.15) is 13.2 Å². The molecule has 0 spiro atoms. The number of nitrogens with one attached hydrogen (secondary N) is 2. The Morgan fingerprint density at radius 2 is 2.07 bits per heavy atom. The number of hydrogen-bond donors (Lipinski definition) is 2. The largest absolute Gasteiger partial charge is 0.417 e. The molecule has 2 saturated carbocycles. The minimum Gasteiger partial charge on any atom is -0.360 e. The summed E-state index contributed by atoms with van der Waals surface area (Å²) in [5, 5.41) is 5.86. The maximum Gasteiger partial charge on any atom is 0.417 e. The topological polar surface area (TPSA) is 44.4 Å². The lowest BCUT2D eigenvalue weighted by Crippen LogP contribution is -2.47. The van der Waals surface area contributed by atoms with E-state index in [4.69, 9.17) is 23.8 Å². The van der Waals surface area contributed by atoms with Crippen molar-refractivity contribution in [2.75, 3.05) is 18.9 Å². The SMILES string of the molecule is CN(CC(=O)Nc1ccc(Cl)c(C(F)(F)F)c1)C(=S)N[C@@H]1C[C@H]2CC[C@H]1C2. The molecule has 3 atom stereocenters. The van der Waals surface area contributed by atoms with Gasteiger partial charge in [-0.05, 0) is 61.5 Å². The van der Waals surface area contributed by atoms with Crippen LogP contribution in [0.5, 0.6) is 0 Å². The van der Waals surface area contributed by atoms with Gasteiger partial charge < -0.3 is 15.5 Å². The van der Waals surface area contributed by atoms with E-state index in [2.05, 4.69) is 10.6 Å². The van der Waals surface area contributed by atoms with E-state index >= 15 is 0 Å². The van der Waals surface area contributed by atoms with Crippen LogP contribution in [-0.4, -0.2) is 35.6 Å². The summed E-state index contributed by atoms with van der Waals surface area (Å²) in [5.41, 5.74) is -0.944. The number of rotatable bonds is 4. The second kappa shape index (κ2) is 7.83. The van der Waals surface area contributed by atoms with Gasteiger partial charge in [0.1, 0.15) is 0 Å². The van der Waals surface area contributed by atoms with Crippen LogP contribution in [0, 0.1) is 11.8 Å². The van der Waals surface area contributed by atoms with Gasteiger partial charge in [0.2, 0.25) is 5.91 Å². The van der Waals surface area contributed by atoms with E-state index in [1.54, 1.807) is 11.9 Å². The molecule has 4 nitrogen and oxygen atoms in total. The molecule has 1 aromatic carbocycles. The van der Waals surface area contributed by atoms with E-state index in [1.165, 1.54) is 25.3 Å². The smallest absolute Gasteiger partial charge is 0.360 e. The van der Waals surface area contributed by atoms with Crippen molar-refractivity contribution in [3.63, 3.8) is 0 Å². The number of carbonyl (C=O) groups is 1. The highest BCUT2D eigenvalue weighted by Gasteiger charge is 2.40. The first kappa shape index (κ1) is 20.2. The zero-order valence-corrected chi connectivity index (χ0v) is 16.3. The van der Waals surface area contributed by atoms with Gasteiger partial charge in [0.05, 0.1) is 17.1 Å². The van der Waals surface area contributed by atoms with Gasteiger partial charge in [-0.1, -0.05) is 18.0 Å². The van der Waals surface area contributed by atoms with E-state index in [9.17, 15) is 18.0 Å². The van der Waals surface area contributed by atoms with Crippen molar-refractivity contribution in [3.05, 3.63) is 28.8 Å². The highest BCUT2D eigenvalue weighted by atomic mass is 35.5. The molecule has 0 heterocycles. The number of alkyl halides is 3. The maximum absolute atomic E-state index is 12.9. The van der Waals surface area contributed by atoms with Gasteiger partial charge in [-0.15, -0.1) is 0 Å². The monoisotopic (exact) mass is 419 g/mol. The first-order valence-corrected chi connectivity index (χ1v) is 9.60. The van der Waals surface area contributed by atoms with Gasteiger partial charge in [0, 0.05) is 18.8 Å². The predicted molar refractivity (Wildman–Crippen MR) is 103 cm³/mol. The van der Waals surface area contributed by atoms with Crippen molar-refractivity contribution < 1.29 is 18.0 Å². The lowest BCUT2D eigenvalue weighted by molar-refractivity contribution is -0.137. The fraction of sp³-hybridized carbons (Fsp3) is 0.556. The molecule has 2 fully saturated rings. The van der Waals surface area contributed by atoms with Crippen molar-refractivity contribution in [3.8, 4) is 0 Å². The van der Waals surface area contributed by atoms with Gasteiger partial charge in [0.15, 0.2) is 5.11 Å². The molecule has 2 aliphatic carbocycles. The second-order valence-electron chi connectivity index (χ2n) is 7.33. The summed E-state index contributed by atoms with van der Waals surface area (Å²) in [5.74, 6) is 0.965. The lowest BCUT2D eigenvalue weighted by atomic mass is 9.95. The Balaban J connectivity index is 1.53. The molecule has 1 aromatic rings. The number of anilines is 1. The van der Waals surface area contributed by atoms with Crippen LogP contribution in [0.15, 0.2) is 18.2 Å². The Morgan fingerprint density at radius 3 is 2.67 bits per heavy atom. The van der Waals surface area contributed by atoms with Crippen molar-refractivity contribution in [1.82, 2.24) is 10.2 Å². The average molecular weight is 420 g/mol. The Morgan fingerprint density at radius 1 is 1.33 bits per heavy atom. The van der Waals surface area contributed by atoms with E-state index in [-0.39, 0.29) is 12.2 Å². The van der Waals surface area contributed by atoms with E-state index in [0.29, 0.717) is 17.1 Å². The lowest BCUT2D eigenvalue weighted by Gasteiger charge is -2.28. The number of halogens is 4. The second-order valence-corrected chi connectivity index (χ2v) is 8.12. The quantitative estimate of drug-likeness (QED) is 0.714. The Bertz CT molecular complexity index is 743. The highest BCUT2D eigenvalue weighted by molar-refractivity contribution is 7.80. The molecule has 27 heavy (non-hydrogen) atoms. The van der Waals surface area contributed by atoms with Crippen molar-refractivity contribution in [1.29, 1.82) is 0 Å².